The lowest BCUT2D eigenvalue weighted by Gasteiger charge is -2.42. The summed E-state index contributed by atoms with van der Waals surface area (Å²) in [5, 5.41) is 10.9. The van der Waals surface area contributed by atoms with Gasteiger partial charge in [0.1, 0.15) is 11.9 Å². The summed E-state index contributed by atoms with van der Waals surface area (Å²) in [4.78, 5) is 67.4. The fourth-order valence-corrected chi connectivity index (χ4v) is 10.0. The molecule has 5 aliphatic rings. The third kappa shape index (κ3) is 6.61. The molecule has 0 spiro atoms. The Labute approximate surface area is 338 Å². The number of piperazine rings is 1. The fraction of sp³-hybridized carbons (Fsp3) is 0.349. The second-order valence-electron chi connectivity index (χ2n) is 15.8. The summed E-state index contributed by atoms with van der Waals surface area (Å²) in [6.07, 6.45) is 7.98. The molecule has 4 amide bonds. The molecule has 4 atom stereocenters. The number of nitrogens with one attached hydrogen (secondary N) is 3. The van der Waals surface area contributed by atoms with Crippen molar-refractivity contribution in [2.45, 2.75) is 82.3 Å². The molecule has 58 heavy (non-hydrogen) atoms. The van der Waals surface area contributed by atoms with E-state index in [2.05, 4.69) is 53.9 Å². The SMILES string of the molecule is O=C1CCC(Nc2ccccc2CN2C3CCC2CN(c2ccc(-c4cc(F)c5c(c4)C(=O)N(C(C(=O)Nc4nccs4)c4ncn6c4CCC6)C5)cc2)C3)C(=O)N1. The van der Waals surface area contributed by atoms with E-state index in [9.17, 15) is 19.2 Å². The lowest BCUT2D eigenvalue weighted by Crippen LogP contribution is -2.53. The van der Waals surface area contributed by atoms with Crippen LogP contribution in [-0.2, 0) is 40.4 Å². The summed E-state index contributed by atoms with van der Waals surface area (Å²) in [6, 6.07) is 18.7. The summed E-state index contributed by atoms with van der Waals surface area (Å²) in [5.41, 5.74) is 6.50. The van der Waals surface area contributed by atoms with E-state index in [4.69, 9.17) is 0 Å². The Morgan fingerprint density at radius 1 is 0.966 bits per heavy atom. The molecule has 15 heteroatoms. The number of benzene rings is 3. The van der Waals surface area contributed by atoms with Crippen LogP contribution < -0.4 is 20.9 Å². The van der Waals surface area contributed by atoms with Crippen LogP contribution >= 0.6 is 11.3 Å². The number of aromatic nitrogens is 3. The zero-order valence-corrected chi connectivity index (χ0v) is 32.5. The van der Waals surface area contributed by atoms with Gasteiger partial charge in [-0.2, -0.15) is 0 Å². The van der Waals surface area contributed by atoms with Gasteiger partial charge in [0.2, 0.25) is 11.8 Å². The molecular formula is C43H42FN9O4S. The number of anilines is 3. The van der Waals surface area contributed by atoms with Crippen molar-refractivity contribution in [2.75, 3.05) is 28.6 Å². The fourth-order valence-electron chi connectivity index (χ4n) is 9.50. The van der Waals surface area contributed by atoms with E-state index in [0.29, 0.717) is 41.3 Å². The van der Waals surface area contributed by atoms with Crippen LogP contribution in [0.25, 0.3) is 11.1 Å². The Bertz CT molecular complexity index is 2420. The summed E-state index contributed by atoms with van der Waals surface area (Å²) < 4.78 is 18.0. The second-order valence-corrected chi connectivity index (χ2v) is 16.7. The Kier molecular flexibility index (Phi) is 9.28. The predicted octanol–water partition coefficient (Wildman–Crippen LogP) is 5.50. The first-order valence-corrected chi connectivity index (χ1v) is 20.8. The van der Waals surface area contributed by atoms with Gasteiger partial charge in [-0.25, -0.2) is 14.4 Å². The summed E-state index contributed by atoms with van der Waals surface area (Å²) in [7, 11) is 0. The Morgan fingerprint density at radius 2 is 1.78 bits per heavy atom. The minimum atomic E-state index is -1.04. The van der Waals surface area contributed by atoms with Crippen LogP contribution in [0.15, 0.2) is 78.6 Å². The first-order valence-electron chi connectivity index (χ1n) is 19.9. The van der Waals surface area contributed by atoms with Crippen molar-refractivity contribution in [1.29, 1.82) is 0 Å². The number of carbonyl (C=O) groups is 4. The van der Waals surface area contributed by atoms with Crippen molar-refractivity contribution in [1.82, 2.24) is 29.7 Å². The molecule has 2 bridgehead atoms. The number of imidazole rings is 1. The Morgan fingerprint density at radius 3 is 2.55 bits per heavy atom. The number of piperidine rings is 1. The van der Waals surface area contributed by atoms with E-state index in [1.54, 1.807) is 24.0 Å². The van der Waals surface area contributed by atoms with Gasteiger partial charge in [-0.15, -0.1) is 11.3 Å². The van der Waals surface area contributed by atoms with Crippen LogP contribution in [0.5, 0.6) is 0 Å². The molecule has 0 saturated carbocycles. The molecule has 4 unspecified atom stereocenters. The molecule has 0 aliphatic carbocycles. The van der Waals surface area contributed by atoms with Gasteiger partial charge in [0.25, 0.3) is 11.8 Å². The van der Waals surface area contributed by atoms with E-state index < -0.39 is 29.7 Å². The third-order valence-electron chi connectivity index (χ3n) is 12.4. The molecule has 5 aromatic rings. The van der Waals surface area contributed by atoms with Crippen molar-refractivity contribution < 1.29 is 23.6 Å². The lowest BCUT2D eigenvalue weighted by molar-refractivity contribution is -0.133. The van der Waals surface area contributed by atoms with Gasteiger partial charge in [0.05, 0.1) is 18.6 Å². The molecule has 10 rings (SSSR count). The molecule has 2 aromatic heterocycles. The number of para-hydroxylation sites is 1. The minimum absolute atomic E-state index is 0.0439. The first-order chi connectivity index (χ1) is 28.3. The zero-order chi connectivity index (χ0) is 39.5. The van der Waals surface area contributed by atoms with E-state index in [1.807, 2.05) is 34.9 Å². The average Bonchev–Trinajstić information content (AvgIpc) is 4.07. The summed E-state index contributed by atoms with van der Waals surface area (Å²) in [6.45, 7) is 3.26. The van der Waals surface area contributed by atoms with Gasteiger partial charge in [-0.3, -0.25) is 34.7 Å². The maximum absolute atomic E-state index is 16.0. The normalized spacial score (nSPS) is 21.9. The van der Waals surface area contributed by atoms with Crippen molar-refractivity contribution in [3.63, 3.8) is 0 Å². The molecule has 3 aromatic carbocycles. The van der Waals surface area contributed by atoms with Crippen LogP contribution in [0.1, 0.15) is 71.0 Å². The minimum Gasteiger partial charge on any atom is -0.373 e. The molecule has 296 valence electrons. The molecule has 3 fully saturated rings. The zero-order valence-electron chi connectivity index (χ0n) is 31.7. The topological polar surface area (TPSA) is 145 Å². The number of nitrogens with zero attached hydrogens (tertiary/aromatic N) is 6. The van der Waals surface area contributed by atoms with Crippen molar-refractivity contribution in [2.24, 2.45) is 0 Å². The van der Waals surface area contributed by atoms with Crippen molar-refractivity contribution in [3.8, 4) is 11.1 Å². The quantitative estimate of drug-likeness (QED) is 0.156. The Hall–Kier alpha value is -5.93. The summed E-state index contributed by atoms with van der Waals surface area (Å²) >= 11 is 1.29. The molecule has 7 heterocycles. The number of halogens is 1. The smallest absolute Gasteiger partial charge is 0.255 e. The third-order valence-corrected chi connectivity index (χ3v) is 13.1. The molecular weight excluding hydrogens is 758 g/mol. The molecule has 13 nitrogen and oxygen atoms in total. The molecule has 5 aliphatic heterocycles. The first kappa shape index (κ1) is 36.4. The van der Waals surface area contributed by atoms with Gasteiger partial charge in [0.15, 0.2) is 11.2 Å². The number of amides is 4. The van der Waals surface area contributed by atoms with Gasteiger partial charge in [-0.05, 0) is 79.1 Å². The van der Waals surface area contributed by atoms with E-state index in [-0.39, 0.29) is 29.5 Å². The standard InChI is InChI=1S/C43H42FN9O4S/c44-33-19-27(18-31-32(33)23-53(42(31)57)39(41(56)49-43-45-15-17-58-43)38-36-6-3-16-50(36)24-46-38)25-7-9-28(10-8-25)51-21-29-11-12-30(22-51)52(29)20-26-4-1-2-5-34(26)47-35-13-14-37(54)48-40(35)55/h1-2,4-5,7-10,15,17-19,24,29-30,35,39,47H,3,6,11-14,16,20-23H2,(H,45,49,56)(H,48,54,55). The van der Waals surface area contributed by atoms with Crippen LogP contribution in [-0.4, -0.2) is 79.2 Å². The van der Waals surface area contributed by atoms with Crippen molar-refractivity contribution >= 4 is 51.5 Å². The highest BCUT2D eigenvalue weighted by Crippen LogP contribution is 2.39. The number of fused-ring (bicyclic) bond motifs is 4. The number of carbonyl (C=O) groups excluding carboxylic acids is 4. The van der Waals surface area contributed by atoms with E-state index in [1.165, 1.54) is 22.3 Å². The van der Waals surface area contributed by atoms with Crippen LogP contribution in [0.4, 0.5) is 20.9 Å². The highest BCUT2D eigenvalue weighted by molar-refractivity contribution is 7.13. The number of imide groups is 1. The monoisotopic (exact) mass is 799 g/mol. The summed E-state index contributed by atoms with van der Waals surface area (Å²) in [5.74, 6) is -1.83. The second kappa shape index (κ2) is 14.8. The largest absolute Gasteiger partial charge is 0.373 e. The number of thiazole rings is 1. The highest BCUT2D eigenvalue weighted by Gasteiger charge is 2.43. The lowest BCUT2D eigenvalue weighted by atomic mass is 9.99. The van der Waals surface area contributed by atoms with Crippen LogP contribution in [0.3, 0.4) is 0 Å². The van der Waals surface area contributed by atoms with E-state index in [0.717, 1.165) is 80.1 Å². The molecule has 3 saturated heterocycles. The van der Waals surface area contributed by atoms with Gasteiger partial charge in [-0.1, -0.05) is 30.3 Å². The maximum atomic E-state index is 16.0. The molecule has 3 N–H and O–H groups in total. The molecule has 0 radical (unpaired) electrons. The predicted molar refractivity (Wildman–Crippen MR) is 217 cm³/mol. The Balaban J connectivity index is 0.839. The van der Waals surface area contributed by atoms with Gasteiger partial charge < -0.3 is 19.7 Å². The van der Waals surface area contributed by atoms with Crippen LogP contribution in [0.2, 0.25) is 0 Å². The number of aryl methyl sites for hydroxylation is 1. The van der Waals surface area contributed by atoms with Crippen LogP contribution in [0, 0.1) is 5.82 Å². The van der Waals surface area contributed by atoms with E-state index >= 15 is 4.39 Å². The number of hydrogen-bond donors (Lipinski definition) is 3. The van der Waals surface area contributed by atoms with Gasteiger partial charge in [0, 0.05) is 84.5 Å². The van der Waals surface area contributed by atoms with Gasteiger partial charge >= 0.3 is 0 Å². The number of hydrogen-bond acceptors (Lipinski definition) is 10. The highest BCUT2D eigenvalue weighted by atomic mass is 32.1. The number of rotatable bonds is 10. The maximum Gasteiger partial charge on any atom is 0.255 e. The van der Waals surface area contributed by atoms with Crippen molar-refractivity contribution in [3.05, 3.63) is 112 Å². The average molecular weight is 800 g/mol.